The number of hydrogen-bond donors (Lipinski definition) is 2. The summed E-state index contributed by atoms with van der Waals surface area (Å²) in [6.45, 7) is 3.66. The number of unbranched alkanes of at least 4 members (excludes halogenated alkanes) is 2. The zero-order valence-corrected chi connectivity index (χ0v) is 17.8. The number of carbonyl (C=O) groups excluding carboxylic acids is 1. The van der Waals surface area contributed by atoms with Gasteiger partial charge in [0.05, 0.1) is 5.92 Å². The van der Waals surface area contributed by atoms with Gasteiger partial charge in [-0.2, -0.15) is 0 Å². The van der Waals surface area contributed by atoms with Gasteiger partial charge in [-0.1, -0.05) is 79.9 Å². The molecular weight excluding hydrogens is 370 g/mol. The Kier molecular flexibility index (Phi) is 6.63. The van der Waals surface area contributed by atoms with E-state index in [9.17, 15) is 4.79 Å². The van der Waals surface area contributed by atoms with Gasteiger partial charge in [0, 0.05) is 0 Å². The highest BCUT2D eigenvalue weighted by Gasteiger charge is 2.52. The van der Waals surface area contributed by atoms with Crippen molar-refractivity contribution in [2.24, 2.45) is 5.92 Å². The van der Waals surface area contributed by atoms with Crippen LogP contribution in [0.2, 0.25) is 0 Å². The highest BCUT2D eigenvalue weighted by molar-refractivity contribution is 6.15. The number of piperidine rings is 1. The number of carbonyl (C=O) groups is 1. The first-order chi connectivity index (χ1) is 14.7. The number of hydrogen-bond acceptors (Lipinski definition) is 3. The lowest BCUT2D eigenvalue weighted by molar-refractivity contribution is -0.124. The lowest BCUT2D eigenvalue weighted by Gasteiger charge is -2.29. The lowest BCUT2D eigenvalue weighted by atomic mass is 9.78. The molecule has 4 heteroatoms. The smallest absolute Gasteiger partial charge is 0.177 e. The van der Waals surface area contributed by atoms with E-state index in [1.54, 1.807) is 0 Å². The predicted molar refractivity (Wildman–Crippen MR) is 122 cm³/mol. The van der Waals surface area contributed by atoms with Crippen LogP contribution in [0.5, 0.6) is 0 Å². The SMILES string of the molecule is N=C1NC(c2ccccc2)(c2ccccc2)C(=O)C1CCCCCN1CCCCC1. The zero-order valence-electron chi connectivity index (χ0n) is 17.8. The Morgan fingerprint density at radius 2 is 1.47 bits per heavy atom. The molecule has 2 aliphatic rings. The van der Waals surface area contributed by atoms with E-state index in [4.69, 9.17) is 5.41 Å². The van der Waals surface area contributed by atoms with Crippen molar-refractivity contribution < 1.29 is 4.79 Å². The summed E-state index contributed by atoms with van der Waals surface area (Å²) in [7, 11) is 0. The van der Waals surface area contributed by atoms with Crippen molar-refractivity contribution in [2.45, 2.75) is 50.5 Å². The van der Waals surface area contributed by atoms with Crippen molar-refractivity contribution in [1.82, 2.24) is 10.2 Å². The summed E-state index contributed by atoms with van der Waals surface area (Å²) in [5.74, 6) is 0.130. The van der Waals surface area contributed by atoms with Crippen LogP contribution in [0.15, 0.2) is 60.7 Å². The maximum atomic E-state index is 13.7. The third-order valence-electron chi connectivity index (χ3n) is 6.69. The van der Waals surface area contributed by atoms with E-state index in [1.807, 2.05) is 60.7 Å². The molecule has 4 rings (SSSR count). The first kappa shape index (κ1) is 20.8. The summed E-state index contributed by atoms with van der Waals surface area (Å²) < 4.78 is 0. The number of Topliss-reactive ketones (excluding diaryl/α,β-unsaturated/α-hetero) is 1. The van der Waals surface area contributed by atoms with E-state index in [2.05, 4.69) is 10.2 Å². The van der Waals surface area contributed by atoms with Crippen molar-refractivity contribution in [3.8, 4) is 0 Å². The number of amidine groups is 1. The molecule has 0 saturated carbocycles. The van der Waals surface area contributed by atoms with Crippen LogP contribution < -0.4 is 5.32 Å². The molecule has 2 aliphatic heterocycles. The van der Waals surface area contributed by atoms with E-state index in [1.165, 1.54) is 45.3 Å². The van der Waals surface area contributed by atoms with Gasteiger partial charge in [-0.05, 0) is 56.4 Å². The number of likely N-dealkylation sites (tertiary alicyclic amines) is 1. The van der Waals surface area contributed by atoms with Crippen LogP contribution in [0, 0.1) is 11.3 Å². The number of nitrogens with one attached hydrogen (secondary N) is 2. The minimum atomic E-state index is -0.946. The molecule has 0 radical (unpaired) electrons. The van der Waals surface area contributed by atoms with Crippen molar-refractivity contribution in [2.75, 3.05) is 19.6 Å². The molecule has 0 aromatic heterocycles. The van der Waals surface area contributed by atoms with Crippen molar-refractivity contribution >= 4 is 11.6 Å². The summed E-state index contributed by atoms with van der Waals surface area (Å²) in [6, 6.07) is 19.8. The first-order valence-electron chi connectivity index (χ1n) is 11.5. The molecule has 0 aliphatic carbocycles. The van der Waals surface area contributed by atoms with Gasteiger partial charge in [0.25, 0.3) is 0 Å². The highest BCUT2D eigenvalue weighted by atomic mass is 16.1. The lowest BCUT2D eigenvalue weighted by Crippen LogP contribution is -2.44. The molecule has 2 aromatic carbocycles. The molecule has 2 saturated heterocycles. The van der Waals surface area contributed by atoms with Gasteiger partial charge >= 0.3 is 0 Å². The van der Waals surface area contributed by atoms with Crippen LogP contribution in [0.4, 0.5) is 0 Å². The Hall–Kier alpha value is -2.46. The number of nitrogens with zero attached hydrogens (tertiary/aromatic N) is 1. The van der Waals surface area contributed by atoms with Crippen LogP contribution in [-0.2, 0) is 10.3 Å². The summed E-state index contributed by atoms with van der Waals surface area (Å²) in [4.78, 5) is 16.3. The number of rotatable bonds is 8. The third-order valence-corrected chi connectivity index (χ3v) is 6.69. The summed E-state index contributed by atoms with van der Waals surface area (Å²) >= 11 is 0. The van der Waals surface area contributed by atoms with Gasteiger partial charge in [0.15, 0.2) is 5.78 Å². The van der Waals surface area contributed by atoms with E-state index < -0.39 is 5.54 Å². The third kappa shape index (κ3) is 4.20. The van der Waals surface area contributed by atoms with Crippen LogP contribution in [0.3, 0.4) is 0 Å². The molecule has 4 nitrogen and oxygen atoms in total. The number of benzene rings is 2. The van der Waals surface area contributed by atoms with Gasteiger partial charge in [0.2, 0.25) is 0 Å². The fourth-order valence-corrected chi connectivity index (χ4v) is 5.03. The molecular formula is C26H33N3O. The molecule has 1 atom stereocenters. The standard InChI is InChI=1S/C26H33N3O/c27-25-23(17-9-3-10-18-29-19-11-4-12-20-29)24(30)26(28-25,21-13-5-1-6-14-21)22-15-7-2-8-16-22/h1-2,5-8,13-16,23H,3-4,9-12,17-20H2,(H2,27,28). The van der Waals surface area contributed by atoms with E-state index in [0.717, 1.165) is 30.4 Å². The molecule has 158 valence electrons. The van der Waals surface area contributed by atoms with E-state index in [0.29, 0.717) is 5.84 Å². The van der Waals surface area contributed by atoms with Crippen molar-refractivity contribution in [3.63, 3.8) is 0 Å². The summed E-state index contributed by atoms with van der Waals surface area (Å²) in [6.07, 6.45) is 8.10. The fourth-order valence-electron chi connectivity index (χ4n) is 5.03. The van der Waals surface area contributed by atoms with Gasteiger partial charge < -0.3 is 10.2 Å². The Morgan fingerprint density at radius 1 is 0.867 bits per heavy atom. The van der Waals surface area contributed by atoms with Crippen LogP contribution in [0.1, 0.15) is 56.1 Å². The summed E-state index contributed by atoms with van der Waals surface area (Å²) in [5, 5.41) is 11.9. The van der Waals surface area contributed by atoms with Crippen LogP contribution in [0.25, 0.3) is 0 Å². The largest absolute Gasteiger partial charge is 0.354 e. The van der Waals surface area contributed by atoms with Gasteiger partial charge in [-0.3, -0.25) is 10.2 Å². The Morgan fingerprint density at radius 3 is 2.07 bits per heavy atom. The van der Waals surface area contributed by atoms with Crippen molar-refractivity contribution in [1.29, 1.82) is 5.41 Å². The average molecular weight is 404 g/mol. The van der Waals surface area contributed by atoms with Crippen LogP contribution in [-0.4, -0.2) is 36.2 Å². The topological polar surface area (TPSA) is 56.2 Å². The molecule has 0 bridgehead atoms. The minimum absolute atomic E-state index is 0.112. The quantitative estimate of drug-likeness (QED) is 0.626. The van der Waals surface area contributed by atoms with E-state index in [-0.39, 0.29) is 11.7 Å². The van der Waals surface area contributed by atoms with Gasteiger partial charge in [-0.15, -0.1) is 0 Å². The first-order valence-corrected chi connectivity index (χ1v) is 11.5. The second-order valence-corrected chi connectivity index (χ2v) is 8.69. The normalized spacial score (nSPS) is 21.5. The molecule has 0 spiro atoms. The Bertz CT molecular complexity index is 804. The predicted octanol–water partition coefficient (Wildman–Crippen LogP) is 4.74. The molecule has 2 N–H and O–H groups in total. The Labute approximate surface area is 180 Å². The average Bonchev–Trinajstić information content (AvgIpc) is 3.06. The second-order valence-electron chi connectivity index (χ2n) is 8.69. The number of ketones is 1. The molecule has 30 heavy (non-hydrogen) atoms. The molecule has 1 unspecified atom stereocenters. The van der Waals surface area contributed by atoms with E-state index >= 15 is 0 Å². The van der Waals surface area contributed by atoms with Crippen LogP contribution >= 0.6 is 0 Å². The van der Waals surface area contributed by atoms with Gasteiger partial charge in [0.1, 0.15) is 11.4 Å². The minimum Gasteiger partial charge on any atom is -0.354 e. The summed E-state index contributed by atoms with van der Waals surface area (Å²) in [5.41, 5.74) is 0.884. The monoisotopic (exact) mass is 403 g/mol. The molecule has 2 heterocycles. The van der Waals surface area contributed by atoms with Crippen molar-refractivity contribution in [3.05, 3.63) is 71.8 Å². The fraction of sp³-hybridized carbons (Fsp3) is 0.462. The van der Waals surface area contributed by atoms with Gasteiger partial charge in [-0.25, -0.2) is 0 Å². The zero-order chi connectivity index (χ0) is 20.8. The maximum Gasteiger partial charge on any atom is 0.177 e. The molecule has 0 amide bonds. The maximum absolute atomic E-state index is 13.7. The second kappa shape index (κ2) is 9.57. The molecule has 2 aromatic rings. The highest BCUT2D eigenvalue weighted by Crippen LogP contribution is 2.39. The Balaban J connectivity index is 1.43. The molecule has 2 fully saturated rings.